The summed E-state index contributed by atoms with van der Waals surface area (Å²) in [6, 6.07) is 13.9. The molecule has 0 heterocycles. The van der Waals surface area contributed by atoms with Gasteiger partial charge in [0.2, 0.25) is 0 Å². The first-order valence-electron chi connectivity index (χ1n) is 13.2. The van der Waals surface area contributed by atoms with Gasteiger partial charge in [-0.3, -0.25) is 4.99 Å². The summed E-state index contributed by atoms with van der Waals surface area (Å²) < 4.78 is 5.81. The molecule has 0 amide bonds. The van der Waals surface area contributed by atoms with E-state index in [1.165, 1.54) is 69.8 Å². The minimum atomic E-state index is 0.202. The molecule has 0 aliphatic heterocycles. The molecule has 0 spiro atoms. The zero-order valence-corrected chi connectivity index (χ0v) is 21.2. The highest BCUT2D eigenvalue weighted by Gasteiger charge is 2.03. The van der Waals surface area contributed by atoms with Crippen molar-refractivity contribution in [2.24, 2.45) is 10.9 Å². The van der Waals surface area contributed by atoms with Gasteiger partial charge in [0.05, 0.1) is 12.3 Å². The molecule has 0 aliphatic rings. The van der Waals surface area contributed by atoms with E-state index >= 15 is 0 Å². The lowest BCUT2D eigenvalue weighted by Crippen LogP contribution is -1.98. The van der Waals surface area contributed by atoms with Crippen LogP contribution in [0.4, 0.5) is 5.69 Å². The summed E-state index contributed by atoms with van der Waals surface area (Å²) in [5.41, 5.74) is 2.97. The predicted molar refractivity (Wildman–Crippen MR) is 142 cm³/mol. The molecule has 182 valence electrons. The van der Waals surface area contributed by atoms with Gasteiger partial charge < -0.3 is 9.84 Å². The molecule has 0 aliphatic carbocycles. The highest BCUT2D eigenvalue weighted by molar-refractivity contribution is 5.85. The van der Waals surface area contributed by atoms with E-state index < -0.39 is 0 Å². The summed E-state index contributed by atoms with van der Waals surface area (Å²) in [5.74, 6) is 1.73. The molecule has 3 nitrogen and oxygen atoms in total. The summed E-state index contributed by atoms with van der Waals surface area (Å²) in [7, 11) is 0. The number of hydrogen-bond acceptors (Lipinski definition) is 3. The summed E-state index contributed by atoms with van der Waals surface area (Å²) in [6.45, 7) is 7.52. The molecule has 3 heteroatoms. The third kappa shape index (κ3) is 11.4. The fourth-order valence-corrected chi connectivity index (χ4v) is 3.89. The Kier molecular flexibility index (Phi) is 13.4. The van der Waals surface area contributed by atoms with Crippen LogP contribution >= 0.6 is 0 Å². The lowest BCUT2D eigenvalue weighted by atomic mass is 10.0. The largest absolute Gasteiger partial charge is 0.507 e. The number of aliphatic imine (C=N–C) groups is 1. The Morgan fingerprint density at radius 3 is 2.33 bits per heavy atom. The zero-order valence-electron chi connectivity index (χ0n) is 21.2. The molecular weight excluding hydrogens is 406 g/mol. The van der Waals surface area contributed by atoms with E-state index in [-0.39, 0.29) is 5.75 Å². The number of aryl methyl sites for hydroxylation is 1. The van der Waals surface area contributed by atoms with Crippen LogP contribution in [-0.4, -0.2) is 17.9 Å². The maximum atomic E-state index is 10.3. The molecule has 1 unspecified atom stereocenters. The quantitative estimate of drug-likeness (QED) is 0.192. The summed E-state index contributed by atoms with van der Waals surface area (Å²) in [5, 5.41) is 10.3. The topological polar surface area (TPSA) is 41.8 Å². The second kappa shape index (κ2) is 16.3. The van der Waals surface area contributed by atoms with Gasteiger partial charge in [0.1, 0.15) is 11.5 Å². The van der Waals surface area contributed by atoms with E-state index in [0.717, 1.165) is 24.4 Å². The number of aromatic hydroxyl groups is 1. The second-order valence-electron chi connectivity index (χ2n) is 9.37. The fraction of sp³-hybridized carbons (Fsp3) is 0.567. The van der Waals surface area contributed by atoms with E-state index in [4.69, 9.17) is 4.74 Å². The number of unbranched alkanes of at least 4 members (excludes halogenated alkanes) is 7. The number of benzene rings is 2. The lowest BCUT2D eigenvalue weighted by Gasteiger charge is -2.09. The SMILES string of the molecule is CCCCCCCCc1ccc(N=Cc2ccc(OCCCCCC(C)CC)cc2O)cc1. The van der Waals surface area contributed by atoms with Crippen molar-refractivity contribution in [2.45, 2.75) is 97.8 Å². The highest BCUT2D eigenvalue weighted by atomic mass is 16.5. The molecule has 1 atom stereocenters. The Bertz CT molecular complexity index is 797. The maximum Gasteiger partial charge on any atom is 0.128 e. The number of rotatable bonds is 17. The fourth-order valence-electron chi connectivity index (χ4n) is 3.89. The van der Waals surface area contributed by atoms with Crippen molar-refractivity contribution in [3.05, 3.63) is 53.6 Å². The van der Waals surface area contributed by atoms with Crippen LogP contribution in [0, 0.1) is 5.92 Å². The minimum Gasteiger partial charge on any atom is -0.507 e. The third-order valence-corrected chi connectivity index (χ3v) is 6.42. The van der Waals surface area contributed by atoms with Gasteiger partial charge in [-0.15, -0.1) is 0 Å². The number of nitrogens with zero attached hydrogens (tertiary/aromatic N) is 1. The van der Waals surface area contributed by atoms with Crippen molar-refractivity contribution in [1.29, 1.82) is 0 Å². The van der Waals surface area contributed by atoms with Crippen molar-refractivity contribution in [1.82, 2.24) is 0 Å². The highest BCUT2D eigenvalue weighted by Crippen LogP contribution is 2.24. The summed E-state index contributed by atoms with van der Waals surface area (Å²) in [4.78, 5) is 4.53. The van der Waals surface area contributed by atoms with Gasteiger partial charge in [0.25, 0.3) is 0 Å². The zero-order chi connectivity index (χ0) is 23.7. The van der Waals surface area contributed by atoms with Gasteiger partial charge in [0, 0.05) is 17.8 Å². The van der Waals surface area contributed by atoms with E-state index in [9.17, 15) is 5.11 Å². The molecule has 1 N–H and O–H groups in total. The van der Waals surface area contributed by atoms with Crippen LogP contribution < -0.4 is 4.74 Å². The van der Waals surface area contributed by atoms with E-state index in [1.54, 1.807) is 12.3 Å². The van der Waals surface area contributed by atoms with E-state index in [0.29, 0.717) is 17.9 Å². The van der Waals surface area contributed by atoms with Crippen LogP contribution in [0.5, 0.6) is 11.5 Å². The van der Waals surface area contributed by atoms with Gasteiger partial charge in [-0.05, 0) is 55.0 Å². The summed E-state index contributed by atoms with van der Waals surface area (Å²) >= 11 is 0. The molecule has 0 aromatic heterocycles. The van der Waals surface area contributed by atoms with Crippen LogP contribution in [0.3, 0.4) is 0 Å². The third-order valence-electron chi connectivity index (χ3n) is 6.42. The lowest BCUT2D eigenvalue weighted by molar-refractivity contribution is 0.300. The van der Waals surface area contributed by atoms with Crippen molar-refractivity contribution in [3.63, 3.8) is 0 Å². The molecule has 2 rings (SSSR count). The van der Waals surface area contributed by atoms with Gasteiger partial charge in [-0.25, -0.2) is 0 Å². The number of phenolic OH excluding ortho intramolecular Hbond substituents is 1. The molecule has 0 saturated carbocycles. The average Bonchev–Trinajstić information content (AvgIpc) is 2.83. The Labute approximate surface area is 202 Å². The smallest absolute Gasteiger partial charge is 0.128 e. The molecule has 2 aromatic carbocycles. The standard InChI is InChI=1S/C30H45NO2/c1-4-6-7-8-9-12-15-26-16-19-28(20-17-26)31-24-27-18-21-29(23-30(27)32)33-22-13-10-11-14-25(3)5-2/h16-21,23-25,32H,4-15,22H2,1-3H3. The summed E-state index contributed by atoms with van der Waals surface area (Å²) in [6.07, 6.45) is 16.9. The van der Waals surface area contributed by atoms with Crippen molar-refractivity contribution in [3.8, 4) is 11.5 Å². The van der Waals surface area contributed by atoms with E-state index in [1.807, 2.05) is 12.1 Å². The second-order valence-corrected chi connectivity index (χ2v) is 9.37. The van der Waals surface area contributed by atoms with Crippen LogP contribution in [-0.2, 0) is 6.42 Å². The van der Waals surface area contributed by atoms with Gasteiger partial charge in [0.15, 0.2) is 0 Å². The van der Waals surface area contributed by atoms with Crippen molar-refractivity contribution in [2.75, 3.05) is 6.61 Å². The first-order chi connectivity index (χ1) is 16.1. The number of hydrogen-bond donors (Lipinski definition) is 1. The monoisotopic (exact) mass is 451 g/mol. The van der Waals surface area contributed by atoms with E-state index in [2.05, 4.69) is 50.0 Å². The Morgan fingerprint density at radius 1 is 0.879 bits per heavy atom. The molecule has 0 radical (unpaired) electrons. The number of ether oxygens (including phenoxy) is 1. The van der Waals surface area contributed by atoms with Gasteiger partial charge in [-0.1, -0.05) is 90.7 Å². The normalized spacial score (nSPS) is 12.3. The number of phenols is 1. The van der Waals surface area contributed by atoms with Crippen LogP contribution in [0.2, 0.25) is 0 Å². The average molecular weight is 452 g/mol. The molecular formula is C30H45NO2. The van der Waals surface area contributed by atoms with Gasteiger partial charge in [-0.2, -0.15) is 0 Å². The molecule has 2 aromatic rings. The molecule has 0 saturated heterocycles. The van der Waals surface area contributed by atoms with Crippen molar-refractivity contribution < 1.29 is 9.84 Å². The maximum absolute atomic E-state index is 10.3. The first-order valence-corrected chi connectivity index (χ1v) is 13.2. The minimum absolute atomic E-state index is 0.202. The van der Waals surface area contributed by atoms with Crippen LogP contribution in [0.15, 0.2) is 47.5 Å². The molecule has 0 bridgehead atoms. The molecule has 0 fully saturated rings. The van der Waals surface area contributed by atoms with Crippen LogP contribution in [0.1, 0.15) is 103 Å². The van der Waals surface area contributed by atoms with Crippen molar-refractivity contribution >= 4 is 11.9 Å². The Hall–Kier alpha value is -2.29. The van der Waals surface area contributed by atoms with Crippen LogP contribution in [0.25, 0.3) is 0 Å². The first kappa shape index (κ1) is 27.0. The Morgan fingerprint density at radius 2 is 1.61 bits per heavy atom. The molecule has 33 heavy (non-hydrogen) atoms. The predicted octanol–water partition coefficient (Wildman–Crippen LogP) is 9.03. The van der Waals surface area contributed by atoms with Gasteiger partial charge >= 0.3 is 0 Å². The Balaban J connectivity index is 1.72.